The van der Waals surface area contributed by atoms with Gasteiger partial charge in [-0.1, -0.05) is 35.9 Å². The van der Waals surface area contributed by atoms with Gasteiger partial charge in [-0.15, -0.1) is 0 Å². The van der Waals surface area contributed by atoms with Crippen molar-refractivity contribution in [2.24, 2.45) is 0 Å². The topological polar surface area (TPSA) is 70.1 Å². The van der Waals surface area contributed by atoms with Crippen LogP contribution >= 0.6 is 11.6 Å². The smallest absolute Gasteiger partial charge is 0.229 e. The van der Waals surface area contributed by atoms with E-state index < -0.39 is 0 Å². The van der Waals surface area contributed by atoms with Crippen molar-refractivity contribution in [1.29, 1.82) is 0 Å². The lowest BCUT2D eigenvalue weighted by molar-refractivity contribution is 0.477. The molecule has 140 valence electrons. The van der Waals surface area contributed by atoms with Crippen LogP contribution < -0.4 is 10.6 Å². The van der Waals surface area contributed by atoms with E-state index in [2.05, 4.69) is 20.6 Å². The molecule has 0 atom stereocenters. The molecule has 0 bridgehead atoms. The van der Waals surface area contributed by atoms with Gasteiger partial charge in [-0.2, -0.15) is 4.98 Å². The molecule has 1 aromatic heterocycles. The minimum atomic E-state index is -0.274. The quantitative estimate of drug-likeness (QED) is 0.391. The molecule has 1 heterocycles. The fourth-order valence-electron chi connectivity index (χ4n) is 2.78. The van der Waals surface area contributed by atoms with Gasteiger partial charge in [0, 0.05) is 17.0 Å². The zero-order chi connectivity index (χ0) is 19.5. The summed E-state index contributed by atoms with van der Waals surface area (Å²) in [4.78, 5) is 9.04. The first-order valence-electron chi connectivity index (χ1n) is 8.59. The van der Waals surface area contributed by atoms with Gasteiger partial charge in [-0.25, -0.2) is 9.37 Å². The average molecular weight is 395 g/mol. The van der Waals surface area contributed by atoms with Gasteiger partial charge in [0.2, 0.25) is 5.95 Å². The number of aromatic hydroxyl groups is 1. The molecule has 0 spiro atoms. The van der Waals surface area contributed by atoms with Crippen molar-refractivity contribution in [1.82, 2.24) is 9.97 Å². The van der Waals surface area contributed by atoms with Crippen molar-refractivity contribution in [3.63, 3.8) is 0 Å². The van der Waals surface area contributed by atoms with E-state index >= 15 is 0 Å². The fraction of sp³-hybridized carbons (Fsp3) is 0.0476. The fourth-order valence-corrected chi connectivity index (χ4v) is 2.96. The zero-order valence-corrected chi connectivity index (χ0v) is 15.4. The highest BCUT2D eigenvalue weighted by atomic mass is 35.5. The van der Waals surface area contributed by atoms with Gasteiger partial charge < -0.3 is 15.7 Å². The Bertz CT molecular complexity index is 1140. The SMILES string of the molecule is Oc1ccc(Cl)cc1Nc1nc(NCc2ccc(F)cc2)c2ccccc2n1. The minimum absolute atomic E-state index is 0.0435. The summed E-state index contributed by atoms with van der Waals surface area (Å²) < 4.78 is 13.1. The second-order valence-electron chi connectivity index (χ2n) is 6.18. The van der Waals surface area contributed by atoms with Crippen molar-refractivity contribution in [2.45, 2.75) is 6.54 Å². The van der Waals surface area contributed by atoms with Crippen LogP contribution in [0.25, 0.3) is 10.9 Å². The average Bonchev–Trinajstić information content (AvgIpc) is 2.70. The molecule has 4 rings (SSSR count). The van der Waals surface area contributed by atoms with Crippen molar-refractivity contribution in [2.75, 3.05) is 10.6 Å². The standard InChI is InChI=1S/C21H16ClFN4O/c22-14-7-10-19(28)18(11-14)26-21-25-17-4-2-1-3-16(17)20(27-21)24-12-13-5-8-15(23)9-6-13/h1-11,28H,12H2,(H2,24,25,26,27). The summed E-state index contributed by atoms with van der Waals surface area (Å²) in [6.45, 7) is 0.475. The Labute approximate surface area is 165 Å². The lowest BCUT2D eigenvalue weighted by atomic mass is 10.2. The van der Waals surface area contributed by atoms with Gasteiger partial charge in [-0.3, -0.25) is 0 Å². The maximum atomic E-state index is 13.1. The number of phenolic OH excluding ortho intramolecular Hbond substituents is 1. The van der Waals surface area contributed by atoms with E-state index in [0.29, 0.717) is 29.0 Å². The third-order valence-corrected chi connectivity index (χ3v) is 4.42. The Balaban J connectivity index is 1.66. The van der Waals surface area contributed by atoms with E-state index in [0.717, 1.165) is 16.5 Å². The van der Waals surface area contributed by atoms with Crippen LogP contribution in [0.3, 0.4) is 0 Å². The first kappa shape index (κ1) is 18.0. The van der Waals surface area contributed by atoms with E-state index in [4.69, 9.17) is 11.6 Å². The zero-order valence-electron chi connectivity index (χ0n) is 14.7. The molecule has 7 heteroatoms. The number of fused-ring (bicyclic) bond motifs is 1. The van der Waals surface area contributed by atoms with Crippen molar-refractivity contribution in [3.05, 3.63) is 83.1 Å². The van der Waals surface area contributed by atoms with Crippen molar-refractivity contribution >= 4 is 40.0 Å². The van der Waals surface area contributed by atoms with Crippen LogP contribution in [0.1, 0.15) is 5.56 Å². The van der Waals surface area contributed by atoms with E-state index in [9.17, 15) is 9.50 Å². The van der Waals surface area contributed by atoms with E-state index in [1.807, 2.05) is 24.3 Å². The van der Waals surface area contributed by atoms with E-state index in [1.54, 1.807) is 24.3 Å². The molecule has 0 fully saturated rings. The van der Waals surface area contributed by atoms with Crippen LogP contribution in [0.15, 0.2) is 66.7 Å². The summed E-state index contributed by atoms with van der Waals surface area (Å²) in [7, 11) is 0. The number of anilines is 3. The molecule has 0 aliphatic heterocycles. The second kappa shape index (κ2) is 7.70. The lowest BCUT2D eigenvalue weighted by Gasteiger charge is -2.13. The molecule has 0 radical (unpaired) electrons. The molecule has 0 aliphatic rings. The molecule has 4 aromatic rings. The normalized spacial score (nSPS) is 10.8. The maximum Gasteiger partial charge on any atom is 0.229 e. The Hall–Kier alpha value is -3.38. The lowest BCUT2D eigenvalue weighted by Crippen LogP contribution is -2.06. The number of nitrogens with one attached hydrogen (secondary N) is 2. The Morgan fingerprint density at radius 1 is 0.964 bits per heavy atom. The summed E-state index contributed by atoms with van der Waals surface area (Å²) in [5.41, 5.74) is 2.07. The number of hydrogen-bond acceptors (Lipinski definition) is 5. The maximum absolute atomic E-state index is 13.1. The number of hydrogen-bond donors (Lipinski definition) is 3. The summed E-state index contributed by atoms with van der Waals surface area (Å²) >= 11 is 6.01. The van der Waals surface area contributed by atoms with Gasteiger partial charge >= 0.3 is 0 Å². The number of nitrogens with zero attached hydrogens (tertiary/aromatic N) is 2. The number of benzene rings is 3. The first-order chi connectivity index (χ1) is 13.6. The van der Waals surface area contributed by atoms with Gasteiger partial charge in [0.15, 0.2) is 0 Å². The predicted octanol–water partition coefficient (Wildman–Crippen LogP) is 5.48. The minimum Gasteiger partial charge on any atom is -0.506 e. The van der Waals surface area contributed by atoms with Gasteiger partial charge in [0.25, 0.3) is 0 Å². The third kappa shape index (κ3) is 3.97. The van der Waals surface area contributed by atoms with Crippen molar-refractivity contribution in [3.8, 4) is 5.75 Å². The number of para-hydroxylation sites is 1. The monoisotopic (exact) mass is 394 g/mol. The summed E-state index contributed by atoms with van der Waals surface area (Å²) in [6.07, 6.45) is 0. The number of aromatic nitrogens is 2. The second-order valence-corrected chi connectivity index (χ2v) is 6.62. The van der Waals surface area contributed by atoms with Gasteiger partial charge in [0.1, 0.15) is 17.4 Å². The van der Waals surface area contributed by atoms with E-state index in [-0.39, 0.29) is 11.6 Å². The van der Waals surface area contributed by atoms with Gasteiger partial charge in [-0.05, 0) is 48.0 Å². The third-order valence-electron chi connectivity index (χ3n) is 4.18. The highest BCUT2D eigenvalue weighted by Gasteiger charge is 2.10. The molecule has 0 amide bonds. The van der Waals surface area contributed by atoms with Crippen LogP contribution in [0.4, 0.5) is 21.8 Å². The summed E-state index contributed by atoms with van der Waals surface area (Å²) in [6, 6.07) is 18.6. The van der Waals surface area contributed by atoms with E-state index in [1.165, 1.54) is 18.2 Å². The molecule has 28 heavy (non-hydrogen) atoms. The Morgan fingerprint density at radius 2 is 1.75 bits per heavy atom. The van der Waals surface area contributed by atoms with Crippen LogP contribution in [0, 0.1) is 5.82 Å². The molecule has 0 saturated heterocycles. The van der Waals surface area contributed by atoms with Crippen LogP contribution in [0.5, 0.6) is 5.75 Å². The Morgan fingerprint density at radius 3 is 2.57 bits per heavy atom. The molecular weight excluding hydrogens is 379 g/mol. The largest absolute Gasteiger partial charge is 0.506 e. The first-order valence-corrected chi connectivity index (χ1v) is 8.97. The molecule has 0 unspecified atom stereocenters. The van der Waals surface area contributed by atoms with Crippen LogP contribution in [-0.2, 0) is 6.54 Å². The predicted molar refractivity (Wildman–Crippen MR) is 110 cm³/mol. The number of phenols is 1. The molecule has 5 nitrogen and oxygen atoms in total. The van der Waals surface area contributed by atoms with Crippen LogP contribution in [0.2, 0.25) is 5.02 Å². The van der Waals surface area contributed by atoms with Crippen molar-refractivity contribution < 1.29 is 9.50 Å². The Kier molecular flexibility index (Phi) is 4.95. The molecular formula is C21H16ClFN4O. The van der Waals surface area contributed by atoms with Gasteiger partial charge in [0.05, 0.1) is 11.2 Å². The summed E-state index contributed by atoms with van der Waals surface area (Å²) in [5.74, 6) is 0.711. The molecule has 3 aromatic carbocycles. The summed E-state index contributed by atoms with van der Waals surface area (Å²) in [5, 5.41) is 17.6. The molecule has 0 saturated carbocycles. The number of rotatable bonds is 5. The highest BCUT2D eigenvalue weighted by molar-refractivity contribution is 6.31. The molecule has 3 N–H and O–H groups in total. The molecule has 0 aliphatic carbocycles. The number of halogens is 2. The highest BCUT2D eigenvalue weighted by Crippen LogP contribution is 2.30. The van der Waals surface area contributed by atoms with Crippen LogP contribution in [-0.4, -0.2) is 15.1 Å².